The van der Waals surface area contributed by atoms with Gasteiger partial charge in [-0.3, -0.25) is 4.79 Å². The zero-order valence-corrected chi connectivity index (χ0v) is 30.1. The minimum Gasteiger partial charge on any atom is -0.534 e. The van der Waals surface area contributed by atoms with E-state index in [9.17, 15) is 62.6 Å². The maximum absolute atomic E-state index is 14.7. The average molecular weight is 825 g/mol. The minimum atomic E-state index is -2.00. The van der Waals surface area contributed by atoms with Crippen LogP contribution in [0.15, 0.2) is 30.3 Å². The van der Waals surface area contributed by atoms with Crippen molar-refractivity contribution in [3.05, 3.63) is 74.5 Å². The summed E-state index contributed by atoms with van der Waals surface area (Å²) in [5.41, 5.74) is -1.76. The Labute approximate surface area is 324 Å². The van der Waals surface area contributed by atoms with Gasteiger partial charge in [-0.2, -0.15) is 0 Å². The number of piperidine rings is 1. The van der Waals surface area contributed by atoms with E-state index in [1.54, 1.807) is 0 Å². The Kier molecular flexibility index (Phi) is 11.2. The Balaban J connectivity index is 1.15. The SMILES string of the molecule is O=C(O)c1c(F)ccc2c1OB(O)[C@@H](NC(=O)[C@@H](NC(=O)N1CCN(C3CCN(C(=O)Nc4c(F)ccc(O)c4Cl)CC3)C1=O)c1cc(F)c(O)c(O)c1Cl)C2. The van der Waals surface area contributed by atoms with Crippen LogP contribution in [0.3, 0.4) is 0 Å². The number of aromatic carboxylic acids is 1. The fourth-order valence-corrected chi connectivity index (χ4v) is 7.10. The van der Waals surface area contributed by atoms with Crippen LogP contribution in [-0.4, -0.2) is 115 Å². The maximum atomic E-state index is 14.7. The molecule has 3 aromatic carbocycles. The van der Waals surface area contributed by atoms with Gasteiger partial charge in [0.05, 0.1) is 11.0 Å². The number of rotatable bonds is 7. The Hall–Kier alpha value is -5.80. The second kappa shape index (κ2) is 15.7. The van der Waals surface area contributed by atoms with Crippen molar-refractivity contribution in [1.29, 1.82) is 0 Å². The molecule has 7 amide bonds. The highest BCUT2D eigenvalue weighted by Gasteiger charge is 2.43. The van der Waals surface area contributed by atoms with Crippen LogP contribution in [0.5, 0.6) is 23.0 Å². The number of nitrogens with zero attached hydrogens (tertiary/aromatic N) is 3. The molecule has 23 heteroatoms. The molecule has 6 rings (SSSR count). The number of amides is 7. The molecule has 0 bridgehead atoms. The van der Waals surface area contributed by atoms with Gasteiger partial charge in [-0.25, -0.2) is 37.2 Å². The van der Waals surface area contributed by atoms with E-state index in [-0.39, 0.29) is 56.0 Å². The number of aromatic hydroxyl groups is 3. The highest BCUT2D eigenvalue weighted by molar-refractivity contribution is 6.47. The third kappa shape index (κ3) is 7.56. The van der Waals surface area contributed by atoms with E-state index in [0.29, 0.717) is 6.07 Å². The number of phenolic OH excluding ortho intramolecular Hbond substituents is 3. The zero-order chi connectivity index (χ0) is 40.7. The number of carboxylic acids is 1. The molecule has 2 atom stereocenters. The summed E-state index contributed by atoms with van der Waals surface area (Å²) in [7, 11) is -1.96. The first-order chi connectivity index (χ1) is 26.5. The summed E-state index contributed by atoms with van der Waals surface area (Å²) < 4.78 is 48.4. The molecule has 0 radical (unpaired) electrons. The number of fused-ring (bicyclic) bond motifs is 1. The predicted octanol–water partition coefficient (Wildman–Crippen LogP) is 3.55. The van der Waals surface area contributed by atoms with Gasteiger partial charge in [0.15, 0.2) is 17.3 Å². The molecule has 3 aromatic rings. The number of anilines is 1. The number of carbonyl (C=O) groups excluding carboxylic acids is 4. The molecule has 0 unspecified atom stereocenters. The number of carbonyl (C=O) groups is 5. The normalized spacial score (nSPS) is 17.6. The Morgan fingerprint density at radius 1 is 0.893 bits per heavy atom. The van der Waals surface area contributed by atoms with Gasteiger partial charge in [0.2, 0.25) is 5.91 Å². The first-order valence-corrected chi connectivity index (χ1v) is 17.4. The van der Waals surface area contributed by atoms with Gasteiger partial charge < -0.3 is 55.9 Å². The fourth-order valence-electron chi connectivity index (χ4n) is 6.65. The number of imide groups is 1. The van der Waals surface area contributed by atoms with Crippen LogP contribution < -0.4 is 20.6 Å². The van der Waals surface area contributed by atoms with Crippen molar-refractivity contribution < 1.29 is 67.2 Å². The monoisotopic (exact) mass is 824 g/mol. The Bertz CT molecular complexity index is 2150. The lowest BCUT2D eigenvalue weighted by molar-refractivity contribution is -0.123. The van der Waals surface area contributed by atoms with E-state index in [1.165, 1.54) is 15.9 Å². The van der Waals surface area contributed by atoms with E-state index in [2.05, 4.69) is 16.0 Å². The lowest BCUT2D eigenvalue weighted by atomic mass is 9.72. The molecule has 2 fully saturated rings. The van der Waals surface area contributed by atoms with Gasteiger partial charge in [-0.05, 0) is 49.1 Å². The van der Waals surface area contributed by atoms with Crippen LogP contribution in [-0.2, 0) is 11.2 Å². The smallest absolute Gasteiger partial charge is 0.534 e. The molecule has 8 N–H and O–H groups in total. The highest BCUT2D eigenvalue weighted by atomic mass is 35.5. The molecular formula is C33H30BCl2F3N6O11. The van der Waals surface area contributed by atoms with Crippen LogP contribution in [0.25, 0.3) is 0 Å². The number of hydrogen-bond acceptors (Lipinski definition) is 10. The molecule has 0 spiro atoms. The number of likely N-dealkylation sites (tertiary alicyclic amines) is 1. The standard InChI is InChI=1S/C33H30BCl2F3N6O11/c35-22-15(12-18(39)26(47)27(22)48)24(29(49)40-20-11-13-1-2-16(37)21(30(50)51)28(13)56-34(20)55)41-32(53)45-10-9-44(33(45)54)14-5-7-43(8-6-14)31(52)42-25-17(38)3-4-19(46)23(25)36/h1-4,12,14,20,24,46-48,55H,5-11H2,(H,40,49)(H,41,53)(H,42,52)(H,50,51)/t20-,24-/m0/s1. The molecule has 17 nitrogen and oxygen atoms in total. The van der Waals surface area contributed by atoms with Gasteiger partial charge in [0.1, 0.15) is 45.4 Å². The van der Waals surface area contributed by atoms with Gasteiger partial charge in [0.25, 0.3) is 0 Å². The summed E-state index contributed by atoms with van der Waals surface area (Å²) in [6.45, 7) is 0.0552. The quantitative estimate of drug-likeness (QED) is 0.127. The average Bonchev–Trinajstić information content (AvgIpc) is 3.55. The molecule has 296 valence electrons. The number of nitrogens with one attached hydrogen (secondary N) is 3. The second-order valence-electron chi connectivity index (χ2n) is 12.9. The largest absolute Gasteiger partial charge is 0.547 e. The molecule has 2 saturated heterocycles. The van der Waals surface area contributed by atoms with Crippen LogP contribution >= 0.6 is 23.2 Å². The lowest BCUT2D eigenvalue weighted by Crippen LogP contribution is -2.56. The molecule has 3 aliphatic rings. The van der Waals surface area contributed by atoms with Gasteiger partial charge in [-0.15, -0.1) is 0 Å². The lowest BCUT2D eigenvalue weighted by Gasteiger charge is -2.36. The van der Waals surface area contributed by atoms with Crippen molar-refractivity contribution in [2.45, 2.75) is 37.3 Å². The zero-order valence-electron chi connectivity index (χ0n) is 28.6. The van der Waals surface area contributed by atoms with Crippen LogP contribution in [0, 0.1) is 17.5 Å². The summed E-state index contributed by atoms with van der Waals surface area (Å²) in [6, 6.07) is -0.608. The van der Waals surface area contributed by atoms with Gasteiger partial charge >= 0.3 is 31.2 Å². The summed E-state index contributed by atoms with van der Waals surface area (Å²) in [6.07, 6.45) is 0.174. The van der Waals surface area contributed by atoms with E-state index >= 15 is 0 Å². The van der Waals surface area contributed by atoms with Crippen molar-refractivity contribution in [3.63, 3.8) is 0 Å². The molecule has 0 saturated carbocycles. The van der Waals surface area contributed by atoms with Crippen LogP contribution in [0.4, 0.5) is 33.2 Å². The molecule has 0 aromatic heterocycles. The fraction of sp³-hybridized carbons (Fsp3) is 0.303. The van der Waals surface area contributed by atoms with Crippen molar-refractivity contribution in [1.82, 2.24) is 25.3 Å². The number of urea groups is 3. The van der Waals surface area contributed by atoms with E-state index in [1.807, 2.05) is 0 Å². The second-order valence-corrected chi connectivity index (χ2v) is 13.7. The van der Waals surface area contributed by atoms with Crippen molar-refractivity contribution in [2.75, 3.05) is 31.5 Å². The van der Waals surface area contributed by atoms with Gasteiger partial charge in [-0.1, -0.05) is 29.3 Å². The molecule has 3 heterocycles. The van der Waals surface area contributed by atoms with Crippen LogP contribution in [0.1, 0.15) is 40.4 Å². The number of phenols is 3. The maximum Gasteiger partial charge on any atom is 0.547 e. The van der Waals surface area contributed by atoms with Gasteiger partial charge in [0, 0.05) is 37.8 Å². The number of benzene rings is 3. The topological polar surface area (TPSA) is 242 Å². The van der Waals surface area contributed by atoms with Crippen molar-refractivity contribution >= 4 is 66.0 Å². The van der Waals surface area contributed by atoms with Crippen LogP contribution in [0.2, 0.25) is 10.0 Å². The number of hydrogen-bond donors (Lipinski definition) is 8. The molecule has 56 heavy (non-hydrogen) atoms. The third-order valence-electron chi connectivity index (χ3n) is 9.57. The Morgan fingerprint density at radius 3 is 2.25 bits per heavy atom. The summed E-state index contributed by atoms with van der Waals surface area (Å²) in [5.74, 6) is -11.1. The predicted molar refractivity (Wildman–Crippen MR) is 189 cm³/mol. The Morgan fingerprint density at radius 2 is 1.57 bits per heavy atom. The van der Waals surface area contributed by atoms with Crippen molar-refractivity contribution in [3.8, 4) is 23.0 Å². The number of carboxylic acid groups (broad SMARTS) is 1. The summed E-state index contributed by atoms with van der Waals surface area (Å²) in [4.78, 5) is 68.9. The summed E-state index contributed by atoms with van der Waals surface area (Å²) >= 11 is 12.1. The first-order valence-electron chi connectivity index (χ1n) is 16.7. The van der Waals surface area contributed by atoms with E-state index in [0.717, 1.165) is 23.1 Å². The molecule has 0 aliphatic carbocycles. The number of halogens is 5. The van der Waals surface area contributed by atoms with Crippen molar-refractivity contribution in [2.24, 2.45) is 0 Å². The summed E-state index contributed by atoms with van der Waals surface area (Å²) in [5, 5.41) is 55.8. The van der Waals surface area contributed by atoms with E-state index < -0.39 is 117 Å². The minimum absolute atomic E-state index is 0.0312. The highest BCUT2D eigenvalue weighted by Crippen LogP contribution is 2.41. The molecule has 3 aliphatic heterocycles. The third-order valence-corrected chi connectivity index (χ3v) is 10.3. The first kappa shape index (κ1) is 39.9. The van der Waals surface area contributed by atoms with E-state index in [4.69, 9.17) is 27.9 Å². The molecular weight excluding hydrogens is 795 g/mol.